The molecular formula is C11H8BrNO3S. The molecule has 0 amide bonds. The first-order chi connectivity index (χ1) is 8.16. The van der Waals surface area contributed by atoms with E-state index in [-0.39, 0.29) is 12.2 Å². The molecule has 0 aliphatic heterocycles. The van der Waals surface area contributed by atoms with Gasteiger partial charge in [0.2, 0.25) is 0 Å². The Balaban J connectivity index is 2.19. The first-order valence-electron chi connectivity index (χ1n) is 4.69. The van der Waals surface area contributed by atoms with Crippen molar-refractivity contribution in [2.24, 2.45) is 0 Å². The number of rotatable bonds is 4. The van der Waals surface area contributed by atoms with E-state index in [4.69, 9.17) is 9.84 Å². The largest absolute Gasteiger partial charge is 0.486 e. The molecule has 1 aromatic carbocycles. The predicted octanol–water partition coefficient (Wildman–Crippen LogP) is 3.18. The SMILES string of the molecule is O=C(O)c1ccc(Br)cc1OCc1cscn1. The van der Waals surface area contributed by atoms with E-state index >= 15 is 0 Å². The maximum atomic E-state index is 11.0. The van der Waals surface area contributed by atoms with Crippen LogP contribution in [0.3, 0.4) is 0 Å². The van der Waals surface area contributed by atoms with Crippen LogP contribution in [0.1, 0.15) is 16.1 Å². The molecule has 0 saturated heterocycles. The predicted molar refractivity (Wildman–Crippen MR) is 67.5 cm³/mol. The lowest BCUT2D eigenvalue weighted by Gasteiger charge is -2.08. The first kappa shape index (κ1) is 12.1. The Kier molecular flexibility index (Phi) is 3.75. The second-order valence-corrected chi connectivity index (χ2v) is 4.85. The highest BCUT2D eigenvalue weighted by atomic mass is 79.9. The molecule has 0 aliphatic rings. The number of thiazole rings is 1. The molecule has 0 radical (unpaired) electrons. The molecule has 0 spiro atoms. The third-order valence-corrected chi connectivity index (χ3v) is 3.16. The molecule has 88 valence electrons. The summed E-state index contributed by atoms with van der Waals surface area (Å²) < 4.78 is 6.23. The molecule has 0 unspecified atom stereocenters. The fourth-order valence-electron chi connectivity index (χ4n) is 1.25. The van der Waals surface area contributed by atoms with Crippen molar-refractivity contribution in [1.82, 2.24) is 4.98 Å². The number of benzene rings is 1. The van der Waals surface area contributed by atoms with Crippen molar-refractivity contribution in [2.75, 3.05) is 0 Å². The molecule has 0 fully saturated rings. The van der Waals surface area contributed by atoms with Gasteiger partial charge < -0.3 is 9.84 Å². The Morgan fingerprint density at radius 2 is 2.35 bits per heavy atom. The van der Waals surface area contributed by atoms with Crippen LogP contribution in [0.15, 0.2) is 33.6 Å². The van der Waals surface area contributed by atoms with Crippen LogP contribution in [-0.2, 0) is 6.61 Å². The molecule has 2 aromatic rings. The zero-order chi connectivity index (χ0) is 12.3. The van der Waals surface area contributed by atoms with Gasteiger partial charge in [0, 0.05) is 9.85 Å². The number of hydrogen-bond donors (Lipinski definition) is 1. The standard InChI is InChI=1S/C11H8BrNO3S/c12-7-1-2-9(11(14)15)10(3-7)16-4-8-5-17-6-13-8/h1-3,5-6H,4H2,(H,14,15). The highest BCUT2D eigenvalue weighted by molar-refractivity contribution is 9.10. The van der Waals surface area contributed by atoms with Crippen LogP contribution in [0.4, 0.5) is 0 Å². The molecule has 1 N–H and O–H groups in total. The fourth-order valence-corrected chi connectivity index (χ4v) is 2.14. The summed E-state index contributed by atoms with van der Waals surface area (Å²) in [5.74, 6) is -0.675. The number of ether oxygens (including phenoxy) is 1. The number of aromatic carboxylic acids is 1. The summed E-state index contributed by atoms with van der Waals surface area (Å²) >= 11 is 4.75. The van der Waals surface area contributed by atoms with Gasteiger partial charge in [-0.3, -0.25) is 0 Å². The minimum atomic E-state index is -1.01. The first-order valence-corrected chi connectivity index (χ1v) is 6.43. The summed E-state index contributed by atoms with van der Waals surface area (Å²) in [5.41, 5.74) is 2.63. The van der Waals surface area contributed by atoms with E-state index in [9.17, 15) is 4.79 Å². The average Bonchev–Trinajstić information content (AvgIpc) is 2.78. The van der Waals surface area contributed by atoms with Crippen molar-refractivity contribution >= 4 is 33.2 Å². The van der Waals surface area contributed by atoms with Gasteiger partial charge in [-0.2, -0.15) is 0 Å². The zero-order valence-corrected chi connectivity index (χ0v) is 11.0. The summed E-state index contributed by atoms with van der Waals surface area (Å²) in [6.45, 7) is 0.264. The lowest BCUT2D eigenvalue weighted by molar-refractivity contribution is 0.0691. The van der Waals surface area contributed by atoms with E-state index in [1.165, 1.54) is 17.4 Å². The van der Waals surface area contributed by atoms with Crippen molar-refractivity contribution in [1.29, 1.82) is 0 Å². The van der Waals surface area contributed by atoms with Gasteiger partial charge in [-0.05, 0) is 18.2 Å². The molecule has 6 heteroatoms. The lowest BCUT2D eigenvalue weighted by Crippen LogP contribution is -2.03. The maximum absolute atomic E-state index is 11.0. The Bertz CT molecular complexity index is 528. The van der Waals surface area contributed by atoms with Gasteiger partial charge in [0.15, 0.2) is 0 Å². The third kappa shape index (κ3) is 3.04. The second-order valence-electron chi connectivity index (χ2n) is 3.21. The van der Waals surface area contributed by atoms with E-state index < -0.39 is 5.97 Å². The fraction of sp³-hybridized carbons (Fsp3) is 0.0909. The van der Waals surface area contributed by atoms with E-state index in [2.05, 4.69) is 20.9 Å². The molecule has 0 aliphatic carbocycles. The topological polar surface area (TPSA) is 59.4 Å². The number of carboxylic acids is 1. The van der Waals surface area contributed by atoms with Crippen LogP contribution < -0.4 is 4.74 Å². The Morgan fingerprint density at radius 3 is 3.00 bits per heavy atom. The number of hydrogen-bond acceptors (Lipinski definition) is 4. The van der Waals surface area contributed by atoms with Crippen molar-refractivity contribution in [3.05, 3.63) is 44.8 Å². The monoisotopic (exact) mass is 313 g/mol. The molecule has 1 heterocycles. The number of halogens is 1. The summed E-state index contributed by atoms with van der Waals surface area (Å²) in [7, 11) is 0. The van der Waals surface area contributed by atoms with Gasteiger partial charge in [0.1, 0.15) is 17.9 Å². The Morgan fingerprint density at radius 1 is 1.53 bits per heavy atom. The van der Waals surface area contributed by atoms with E-state index in [0.29, 0.717) is 5.75 Å². The van der Waals surface area contributed by atoms with Crippen LogP contribution in [-0.4, -0.2) is 16.1 Å². The molecule has 0 saturated carbocycles. The quantitative estimate of drug-likeness (QED) is 0.941. The normalized spacial score (nSPS) is 10.2. The highest BCUT2D eigenvalue weighted by Gasteiger charge is 2.11. The maximum Gasteiger partial charge on any atom is 0.339 e. The summed E-state index contributed by atoms with van der Waals surface area (Å²) in [6, 6.07) is 4.80. The lowest BCUT2D eigenvalue weighted by atomic mass is 10.2. The molecule has 2 rings (SSSR count). The van der Waals surface area contributed by atoms with E-state index in [0.717, 1.165) is 10.2 Å². The smallest absolute Gasteiger partial charge is 0.339 e. The minimum Gasteiger partial charge on any atom is -0.486 e. The molecule has 0 atom stereocenters. The molecule has 4 nitrogen and oxygen atoms in total. The van der Waals surface area contributed by atoms with Crippen molar-refractivity contribution < 1.29 is 14.6 Å². The Hall–Kier alpha value is -1.40. The van der Waals surface area contributed by atoms with Crippen molar-refractivity contribution in [3.63, 3.8) is 0 Å². The number of nitrogens with zero attached hydrogens (tertiary/aromatic N) is 1. The van der Waals surface area contributed by atoms with Gasteiger partial charge in [0.25, 0.3) is 0 Å². The number of aromatic nitrogens is 1. The van der Waals surface area contributed by atoms with Gasteiger partial charge in [-0.15, -0.1) is 11.3 Å². The molecule has 17 heavy (non-hydrogen) atoms. The van der Waals surface area contributed by atoms with E-state index in [1.54, 1.807) is 17.6 Å². The molecule has 0 bridgehead atoms. The van der Waals surface area contributed by atoms with Gasteiger partial charge in [-0.25, -0.2) is 9.78 Å². The second kappa shape index (κ2) is 5.29. The zero-order valence-electron chi connectivity index (χ0n) is 8.59. The van der Waals surface area contributed by atoms with Crippen LogP contribution in [0.25, 0.3) is 0 Å². The number of carboxylic acid groups (broad SMARTS) is 1. The molecule has 1 aromatic heterocycles. The van der Waals surface area contributed by atoms with Gasteiger partial charge >= 0.3 is 5.97 Å². The Labute approximate surface area is 110 Å². The third-order valence-electron chi connectivity index (χ3n) is 2.03. The van der Waals surface area contributed by atoms with Crippen LogP contribution in [0.5, 0.6) is 5.75 Å². The summed E-state index contributed by atoms with van der Waals surface area (Å²) in [4.78, 5) is 15.0. The van der Waals surface area contributed by atoms with E-state index in [1.807, 2.05) is 5.38 Å². The summed E-state index contributed by atoms with van der Waals surface area (Å²) in [5, 5.41) is 10.9. The highest BCUT2D eigenvalue weighted by Crippen LogP contribution is 2.24. The van der Waals surface area contributed by atoms with Crippen LogP contribution in [0.2, 0.25) is 0 Å². The minimum absolute atomic E-state index is 0.142. The van der Waals surface area contributed by atoms with Crippen LogP contribution >= 0.6 is 27.3 Å². The van der Waals surface area contributed by atoms with Crippen LogP contribution in [0, 0.1) is 0 Å². The van der Waals surface area contributed by atoms with Gasteiger partial charge in [-0.1, -0.05) is 15.9 Å². The summed E-state index contributed by atoms with van der Waals surface area (Å²) in [6.07, 6.45) is 0. The van der Waals surface area contributed by atoms with Gasteiger partial charge in [0.05, 0.1) is 11.2 Å². The molecular weight excluding hydrogens is 306 g/mol. The number of carbonyl (C=O) groups is 1. The van der Waals surface area contributed by atoms with Crippen molar-refractivity contribution in [3.8, 4) is 5.75 Å². The van der Waals surface area contributed by atoms with Crippen molar-refractivity contribution in [2.45, 2.75) is 6.61 Å². The average molecular weight is 314 g/mol.